The number of carbonyl (C=O) groups is 2. The third-order valence-electron chi connectivity index (χ3n) is 3.46. The first-order valence-electron chi connectivity index (χ1n) is 7.07. The highest BCUT2D eigenvalue weighted by Gasteiger charge is 2.28. The minimum atomic E-state index is -0.568. The van der Waals surface area contributed by atoms with E-state index >= 15 is 0 Å². The summed E-state index contributed by atoms with van der Waals surface area (Å²) in [5.41, 5.74) is 0.379. The third-order valence-corrected chi connectivity index (χ3v) is 3.79. The molecular formula is C16H23ClN2O2. The van der Waals surface area contributed by atoms with E-state index in [0.717, 1.165) is 0 Å². The topological polar surface area (TPSA) is 49.4 Å². The number of benzene rings is 1. The maximum atomic E-state index is 12.5. The largest absolute Gasteiger partial charge is 0.342 e. The lowest BCUT2D eigenvalue weighted by Crippen LogP contribution is -2.51. The molecule has 0 aliphatic carbocycles. The first-order chi connectivity index (χ1) is 9.75. The average Bonchev–Trinajstić information content (AvgIpc) is 2.42. The zero-order valence-electron chi connectivity index (χ0n) is 13.2. The van der Waals surface area contributed by atoms with Crippen molar-refractivity contribution in [3.05, 3.63) is 34.9 Å². The second-order valence-electron chi connectivity index (χ2n) is 5.72. The van der Waals surface area contributed by atoms with Gasteiger partial charge < -0.3 is 10.2 Å². The molecule has 116 valence electrons. The van der Waals surface area contributed by atoms with E-state index in [1.165, 1.54) is 0 Å². The lowest BCUT2D eigenvalue weighted by Gasteiger charge is -2.29. The van der Waals surface area contributed by atoms with Crippen molar-refractivity contribution >= 4 is 23.4 Å². The van der Waals surface area contributed by atoms with Crippen molar-refractivity contribution in [2.45, 2.75) is 39.8 Å². The van der Waals surface area contributed by atoms with Crippen LogP contribution in [0.2, 0.25) is 5.02 Å². The second-order valence-corrected chi connectivity index (χ2v) is 6.13. The first kappa shape index (κ1) is 17.5. The normalized spacial score (nSPS) is 12.4. The minimum Gasteiger partial charge on any atom is -0.342 e. The molecule has 1 unspecified atom stereocenters. The molecule has 4 nitrogen and oxygen atoms in total. The fourth-order valence-electron chi connectivity index (χ4n) is 1.85. The van der Waals surface area contributed by atoms with Crippen molar-refractivity contribution in [2.75, 3.05) is 7.05 Å². The zero-order valence-corrected chi connectivity index (χ0v) is 13.9. The number of amides is 2. The number of halogens is 1. The molecular weight excluding hydrogens is 288 g/mol. The predicted octanol–water partition coefficient (Wildman–Crippen LogP) is 2.96. The molecule has 5 heteroatoms. The fraction of sp³-hybridized carbons (Fsp3) is 0.500. The highest BCUT2D eigenvalue weighted by molar-refractivity contribution is 6.33. The maximum absolute atomic E-state index is 12.5. The average molecular weight is 311 g/mol. The van der Waals surface area contributed by atoms with Gasteiger partial charge in [-0.05, 0) is 31.9 Å². The van der Waals surface area contributed by atoms with E-state index < -0.39 is 6.04 Å². The summed E-state index contributed by atoms with van der Waals surface area (Å²) in [6.45, 7) is 7.68. The van der Waals surface area contributed by atoms with Crippen LogP contribution in [0.1, 0.15) is 38.1 Å². The van der Waals surface area contributed by atoms with Crippen molar-refractivity contribution in [2.24, 2.45) is 5.92 Å². The SMILES string of the molecule is CC(C)C(NC(=O)c1ccccc1Cl)C(=O)N(C)C(C)C. The van der Waals surface area contributed by atoms with Gasteiger partial charge >= 0.3 is 0 Å². The molecule has 0 heterocycles. The quantitative estimate of drug-likeness (QED) is 0.909. The third kappa shape index (κ3) is 4.46. The molecule has 1 aromatic rings. The Morgan fingerprint density at radius 3 is 2.19 bits per heavy atom. The zero-order chi connectivity index (χ0) is 16.2. The van der Waals surface area contributed by atoms with Crippen LogP contribution in [0.15, 0.2) is 24.3 Å². The van der Waals surface area contributed by atoms with E-state index in [9.17, 15) is 9.59 Å². The van der Waals surface area contributed by atoms with Crippen molar-refractivity contribution in [1.82, 2.24) is 10.2 Å². The van der Waals surface area contributed by atoms with E-state index in [0.29, 0.717) is 10.6 Å². The molecule has 2 amide bonds. The predicted molar refractivity (Wildman–Crippen MR) is 85.5 cm³/mol. The Labute approximate surface area is 131 Å². The van der Waals surface area contributed by atoms with Gasteiger partial charge in [-0.2, -0.15) is 0 Å². The Bertz CT molecular complexity index is 515. The van der Waals surface area contributed by atoms with Crippen LogP contribution in [-0.2, 0) is 4.79 Å². The Balaban J connectivity index is 2.92. The number of nitrogens with one attached hydrogen (secondary N) is 1. The summed E-state index contributed by atoms with van der Waals surface area (Å²) in [5.74, 6) is -0.435. The van der Waals surface area contributed by atoms with E-state index in [1.807, 2.05) is 27.7 Å². The summed E-state index contributed by atoms with van der Waals surface area (Å²) < 4.78 is 0. The molecule has 0 aliphatic rings. The van der Waals surface area contributed by atoms with Crippen LogP contribution >= 0.6 is 11.6 Å². The molecule has 1 rings (SSSR count). The number of hydrogen-bond acceptors (Lipinski definition) is 2. The van der Waals surface area contributed by atoms with Gasteiger partial charge in [-0.3, -0.25) is 9.59 Å². The van der Waals surface area contributed by atoms with Crippen LogP contribution in [0.3, 0.4) is 0 Å². The maximum Gasteiger partial charge on any atom is 0.253 e. The molecule has 21 heavy (non-hydrogen) atoms. The summed E-state index contributed by atoms with van der Waals surface area (Å²) in [5, 5.41) is 3.17. The Hall–Kier alpha value is -1.55. The van der Waals surface area contributed by atoms with Crippen molar-refractivity contribution in [3.63, 3.8) is 0 Å². The van der Waals surface area contributed by atoms with E-state index in [2.05, 4.69) is 5.32 Å². The Morgan fingerprint density at radius 1 is 1.14 bits per heavy atom. The van der Waals surface area contributed by atoms with E-state index in [4.69, 9.17) is 11.6 Å². The molecule has 1 atom stereocenters. The lowest BCUT2D eigenvalue weighted by atomic mass is 10.0. The highest BCUT2D eigenvalue weighted by atomic mass is 35.5. The molecule has 0 radical (unpaired) electrons. The van der Waals surface area contributed by atoms with Crippen LogP contribution in [0.4, 0.5) is 0 Å². The summed E-state index contributed by atoms with van der Waals surface area (Å²) >= 11 is 6.02. The summed E-state index contributed by atoms with van der Waals surface area (Å²) in [4.78, 5) is 26.4. The van der Waals surface area contributed by atoms with Gasteiger partial charge in [0.1, 0.15) is 6.04 Å². The molecule has 0 aliphatic heterocycles. The number of carbonyl (C=O) groups excluding carboxylic acids is 2. The van der Waals surface area contributed by atoms with Crippen LogP contribution in [-0.4, -0.2) is 35.8 Å². The van der Waals surface area contributed by atoms with Gasteiger partial charge in [-0.25, -0.2) is 0 Å². The summed E-state index contributed by atoms with van der Waals surface area (Å²) in [6, 6.07) is 6.32. The van der Waals surface area contributed by atoms with Gasteiger partial charge in [0.25, 0.3) is 5.91 Å². The lowest BCUT2D eigenvalue weighted by molar-refractivity contribution is -0.134. The molecule has 0 saturated carbocycles. The standard InChI is InChI=1S/C16H23ClN2O2/c1-10(2)14(16(21)19(5)11(3)4)18-15(20)12-8-6-7-9-13(12)17/h6-11,14H,1-5H3,(H,18,20). The number of rotatable bonds is 5. The minimum absolute atomic E-state index is 0.00913. The van der Waals surface area contributed by atoms with Crippen molar-refractivity contribution in [1.29, 1.82) is 0 Å². The molecule has 0 spiro atoms. The van der Waals surface area contributed by atoms with Gasteiger partial charge in [-0.1, -0.05) is 37.6 Å². The molecule has 0 saturated heterocycles. The monoisotopic (exact) mass is 310 g/mol. The van der Waals surface area contributed by atoms with E-state index in [-0.39, 0.29) is 23.8 Å². The molecule has 0 bridgehead atoms. The van der Waals surface area contributed by atoms with Crippen LogP contribution in [0.5, 0.6) is 0 Å². The van der Waals surface area contributed by atoms with Gasteiger partial charge in [0.05, 0.1) is 10.6 Å². The van der Waals surface area contributed by atoms with Crippen LogP contribution in [0, 0.1) is 5.92 Å². The molecule has 1 aromatic carbocycles. The Kier molecular flexibility index (Phi) is 6.21. The summed E-state index contributed by atoms with van der Waals surface area (Å²) in [7, 11) is 1.74. The molecule has 0 fully saturated rings. The van der Waals surface area contributed by atoms with Crippen LogP contribution in [0.25, 0.3) is 0 Å². The van der Waals surface area contributed by atoms with Gasteiger partial charge in [0.2, 0.25) is 5.91 Å². The van der Waals surface area contributed by atoms with Gasteiger partial charge in [0.15, 0.2) is 0 Å². The Morgan fingerprint density at radius 2 is 1.71 bits per heavy atom. The number of hydrogen-bond donors (Lipinski definition) is 1. The second kappa shape index (κ2) is 7.46. The highest BCUT2D eigenvalue weighted by Crippen LogP contribution is 2.16. The van der Waals surface area contributed by atoms with Crippen LogP contribution < -0.4 is 5.32 Å². The number of likely N-dealkylation sites (N-methyl/N-ethyl adjacent to an activating group) is 1. The van der Waals surface area contributed by atoms with Gasteiger partial charge in [0, 0.05) is 13.1 Å². The number of nitrogens with zero attached hydrogens (tertiary/aromatic N) is 1. The van der Waals surface area contributed by atoms with Crippen molar-refractivity contribution in [3.8, 4) is 0 Å². The fourth-order valence-corrected chi connectivity index (χ4v) is 2.07. The van der Waals surface area contributed by atoms with E-state index in [1.54, 1.807) is 36.2 Å². The molecule has 1 N–H and O–H groups in total. The smallest absolute Gasteiger partial charge is 0.253 e. The summed E-state index contributed by atoms with van der Waals surface area (Å²) in [6.07, 6.45) is 0. The first-order valence-corrected chi connectivity index (χ1v) is 7.45. The van der Waals surface area contributed by atoms with Gasteiger partial charge in [-0.15, -0.1) is 0 Å². The van der Waals surface area contributed by atoms with Crippen molar-refractivity contribution < 1.29 is 9.59 Å². The molecule has 0 aromatic heterocycles.